The number of carbonyl (C=O) groups excluding carboxylic acids is 1. The van der Waals surface area contributed by atoms with Crippen molar-refractivity contribution in [2.24, 2.45) is 17.3 Å². The number of thiophene rings is 1. The normalized spacial score (nSPS) is 27.9. The van der Waals surface area contributed by atoms with E-state index in [0.29, 0.717) is 48.3 Å². The summed E-state index contributed by atoms with van der Waals surface area (Å²) in [4.78, 5) is 28.5. The van der Waals surface area contributed by atoms with Crippen LogP contribution >= 0.6 is 11.3 Å². The minimum absolute atomic E-state index is 0.0453. The van der Waals surface area contributed by atoms with Crippen LogP contribution < -0.4 is 4.90 Å². The average molecular weight is 532 g/mol. The van der Waals surface area contributed by atoms with Gasteiger partial charge in [0.25, 0.3) is 0 Å². The summed E-state index contributed by atoms with van der Waals surface area (Å²) < 4.78 is 5.15. The lowest BCUT2D eigenvalue weighted by Gasteiger charge is -2.38. The average Bonchev–Trinajstić information content (AvgIpc) is 3.49. The Hall–Kier alpha value is -1.88. The summed E-state index contributed by atoms with van der Waals surface area (Å²) in [5.74, 6) is 5.89. The standard InChI is InChI=1S/C25H35NO4S.C5H10O/c1-16-5-7-17(8-6-16)23(28)26(18-9-11-19(27)12-10-18)21-15-20(13-14-25(2,3)4)31-22(21)24(29)30;1-5-3-2-4-6-5/h15-19,27H,5-12H2,1-4H3,(H,29,30);5H,2-4H2,1H3. The maximum absolute atomic E-state index is 13.7. The Labute approximate surface area is 226 Å². The number of nitrogens with zero attached hydrogens (tertiary/aromatic N) is 1. The molecule has 2 N–H and O–H groups in total. The highest BCUT2D eigenvalue weighted by Gasteiger charge is 2.37. The zero-order chi connectivity index (χ0) is 27.2. The van der Waals surface area contributed by atoms with Crippen molar-refractivity contribution < 1.29 is 24.5 Å². The Morgan fingerprint density at radius 2 is 1.68 bits per heavy atom. The van der Waals surface area contributed by atoms with Crippen LogP contribution in [-0.2, 0) is 9.53 Å². The monoisotopic (exact) mass is 531 g/mol. The van der Waals surface area contributed by atoms with Crippen molar-refractivity contribution >= 4 is 28.9 Å². The molecule has 1 saturated heterocycles. The summed E-state index contributed by atoms with van der Waals surface area (Å²) in [7, 11) is 0. The highest BCUT2D eigenvalue weighted by molar-refractivity contribution is 7.15. The Morgan fingerprint density at radius 3 is 2.16 bits per heavy atom. The predicted molar refractivity (Wildman–Crippen MR) is 149 cm³/mol. The van der Waals surface area contributed by atoms with Crippen molar-refractivity contribution in [3.05, 3.63) is 15.8 Å². The smallest absolute Gasteiger partial charge is 0.348 e. The van der Waals surface area contributed by atoms with E-state index in [1.165, 1.54) is 12.8 Å². The zero-order valence-electron chi connectivity index (χ0n) is 23.2. The Kier molecular flexibility index (Phi) is 10.6. The number of ether oxygens (including phenoxy) is 1. The molecule has 1 aromatic rings. The molecule has 1 aliphatic heterocycles. The molecule has 3 fully saturated rings. The Bertz CT molecular complexity index is 962. The first-order valence-corrected chi connectivity index (χ1v) is 14.8. The van der Waals surface area contributed by atoms with E-state index in [2.05, 4.69) is 25.7 Å². The topological polar surface area (TPSA) is 87.1 Å². The van der Waals surface area contributed by atoms with Crippen molar-refractivity contribution in [2.45, 2.75) is 117 Å². The van der Waals surface area contributed by atoms with Gasteiger partial charge >= 0.3 is 5.97 Å². The fraction of sp³-hybridized carbons (Fsp3) is 0.733. The highest BCUT2D eigenvalue weighted by Crippen LogP contribution is 2.38. The van der Waals surface area contributed by atoms with Gasteiger partial charge in [-0.3, -0.25) is 4.79 Å². The van der Waals surface area contributed by atoms with E-state index in [4.69, 9.17) is 4.74 Å². The third-order valence-corrected chi connectivity index (χ3v) is 8.55. The molecule has 2 heterocycles. The first-order valence-electron chi connectivity index (χ1n) is 14.0. The number of amides is 1. The number of anilines is 1. The van der Waals surface area contributed by atoms with E-state index in [-0.39, 0.29) is 34.3 Å². The summed E-state index contributed by atoms with van der Waals surface area (Å²) in [6, 6.07) is 1.72. The fourth-order valence-corrected chi connectivity index (χ4v) is 6.12. The zero-order valence-corrected chi connectivity index (χ0v) is 24.0. The van der Waals surface area contributed by atoms with Crippen LogP contribution in [0.25, 0.3) is 0 Å². The van der Waals surface area contributed by atoms with E-state index in [0.717, 1.165) is 43.6 Å². The number of carboxylic acid groups (broad SMARTS) is 1. The predicted octanol–water partition coefficient (Wildman–Crippen LogP) is 6.49. The number of hydrogen-bond acceptors (Lipinski definition) is 5. The molecule has 6 nitrogen and oxygen atoms in total. The lowest BCUT2D eigenvalue weighted by atomic mass is 9.81. The van der Waals surface area contributed by atoms with Crippen LogP contribution in [-0.4, -0.2) is 46.9 Å². The van der Waals surface area contributed by atoms with Gasteiger partial charge in [-0.25, -0.2) is 4.79 Å². The summed E-state index contributed by atoms with van der Waals surface area (Å²) in [5, 5.41) is 19.9. The van der Waals surface area contributed by atoms with E-state index < -0.39 is 5.97 Å². The lowest BCUT2D eigenvalue weighted by molar-refractivity contribution is -0.124. The molecule has 37 heavy (non-hydrogen) atoms. The van der Waals surface area contributed by atoms with Gasteiger partial charge in [0.1, 0.15) is 4.88 Å². The van der Waals surface area contributed by atoms with Crippen molar-refractivity contribution in [3.63, 3.8) is 0 Å². The van der Waals surface area contributed by atoms with Crippen molar-refractivity contribution in [1.29, 1.82) is 0 Å². The quantitative estimate of drug-likeness (QED) is 0.434. The molecule has 206 valence electrons. The summed E-state index contributed by atoms with van der Waals surface area (Å²) in [6.07, 6.45) is 9.17. The number of aliphatic hydroxyl groups excluding tert-OH is 1. The molecule has 1 amide bonds. The largest absolute Gasteiger partial charge is 0.477 e. The first kappa shape index (κ1) is 29.7. The van der Waals surface area contributed by atoms with Gasteiger partial charge in [-0.1, -0.05) is 18.8 Å². The molecule has 4 rings (SSSR count). The molecule has 2 aliphatic carbocycles. The number of aliphatic hydroxyl groups is 1. The maximum Gasteiger partial charge on any atom is 0.348 e. The van der Waals surface area contributed by atoms with Gasteiger partial charge in [0, 0.05) is 24.0 Å². The van der Waals surface area contributed by atoms with E-state index in [1.807, 2.05) is 20.8 Å². The molecule has 0 aromatic carbocycles. The molecular weight excluding hydrogens is 486 g/mol. The minimum atomic E-state index is -1.02. The number of carboxylic acids is 1. The summed E-state index contributed by atoms with van der Waals surface area (Å²) in [6.45, 7) is 11.4. The number of aromatic carboxylic acids is 1. The molecule has 1 aromatic heterocycles. The second-order valence-electron chi connectivity index (χ2n) is 12.1. The van der Waals surface area contributed by atoms with Gasteiger partial charge in [-0.15, -0.1) is 11.3 Å². The third-order valence-electron chi connectivity index (χ3n) is 7.52. The second kappa shape index (κ2) is 13.3. The van der Waals surface area contributed by atoms with Crippen LogP contribution in [0.5, 0.6) is 0 Å². The van der Waals surface area contributed by atoms with Crippen LogP contribution in [0, 0.1) is 29.1 Å². The highest BCUT2D eigenvalue weighted by atomic mass is 32.1. The Balaban J connectivity index is 0.000000555. The van der Waals surface area contributed by atoms with Gasteiger partial charge in [0.15, 0.2) is 0 Å². The van der Waals surface area contributed by atoms with Crippen LogP contribution in [0.3, 0.4) is 0 Å². The molecule has 7 heteroatoms. The van der Waals surface area contributed by atoms with Crippen LogP contribution in [0.15, 0.2) is 6.07 Å². The molecule has 0 bridgehead atoms. The molecule has 0 spiro atoms. The molecule has 0 radical (unpaired) electrons. The van der Waals surface area contributed by atoms with E-state index in [1.54, 1.807) is 11.0 Å². The number of rotatable bonds is 4. The second-order valence-corrected chi connectivity index (χ2v) is 13.1. The Morgan fingerprint density at radius 1 is 1.03 bits per heavy atom. The van der Waals surface area contributed by atoms with Gasteiger partial charge < -0.3 is 19.8 Å². The molecule has 1 unspecified atom stereocenters. The molecule has 2 saturated carbocycles. The van der Waals surface area contributed by atoms with Gasteiger partial charge in [-0.2, -0.15) is 0 Å². The number of hydrogen-bond donors (Lipinski definition) is 2. The van der Waals surface area contributed by atoms with Gasteiger partial charge in [-0.05, 0) is 104 Å². The number of carbonyl (C=O) groups is 2. The van der Waals surface area contributed by atoms with Crippen LogP contribution in [0.2, 0.25) is 0 Å². The lowest BCUT2D eigenvalue weighted by Crippen LogP contribution is -2.47. The molecule has 3 aliphatic rings. The van der Waals surface area contributed by atoms with Crippen LogP contribution in [0.4, 0.5) is 5.69 Å². The van der Waals surface area contributed by atoms with Crippen molar-refractivity contribution in [1.82, 2.24) is 0 Å². The van der Waals surface area contributed by atoms with Crippen molar-refractivity contribution in [3.8, 4) is 11.8 Å². The molecule has 1 atom stereocenters. The summed E-state index contributed by atoms with van der Waals surface area (Å²) >= 11 is 1.15. The van der Waals surface area contributed by atoms with E-state index in [9.17, 15) is 19.8 Å². The first-order chi connectivity index (χ1) is 17.4. The molecular formula is C30H45NO5S. The SMILES string of the molecule is CC1CCC(C(=O)N(c2cc(C#CC(C)(C)C)sc2C(=O)O)C2CCC(O)CC2)CC1.CC1CCCO1. The minimum Gasteiger partial charge on any atom is -0.477 e. The van der Waals surface area contributed by atoms with Crippen molar-refractivity contribution in [2.75, 3.05) is 11.5 Å². The fourth-order valence-electron chi connectivity index (χ4n) is 5.28. The third kappa shape index (κ3) is 8.84. The van der Waals surface area contributed by atoms with Crippen LogP contribution in [0.1, 0.15) is 113 Å². The maximum atomic E-state index is 13.7. The van der Waals surface area contributed by atoms with Gasteiger partial charge in [0.05, 0.1) is 22.8 Å². The van der Waals surface area contributed by atoms with E-state index >= 15 is 0 Å². The summed E-state index contributed by atoms with van der Waals surface area (Å²) in [5.41, 5.74) is 0.294. The van der Waals surface area contributed by atoms with Gasteiger partial charge in [0.2, 0.25) is 5.91 Å².